The summed E-state index contributed by atoms with van der Waals surface area (Å²) in [6, 6.07) is 0. The van der Waals surface area contributed by atoms with Crippen LogP contribution in [0.1, 0.15) is 20.3 Å². The van der Waals surface area contributed by atoms with Crippen molar-refractivity contribution < 1.29 is 5.11 Å². The van der Waals surface area contributed by atoms with Crippen LogP contribution in [0.5, 0.6) is 0 Å². The fourth-order valence-corrected chi connectivity index (χ4v) is 1.14. The van der Waals surface area contributed by atoms with Crippen LogP contribution in [0.2, 0.25) is 0 Å². The van der Waals surface area contributed by atoms with Crippen molar-refractivity contribution in [1.29, 1.82) is 0 Å². The number of rotatable bonds is 4. The molecule has 0 saturated heterocycles. The monoisotopic (exact) mass is 283 g/mol. The topological polar surface area (TPSA) is 19.9 Å². The summed E-state index contributed by atoms with van der Waals surface area (Å²) in [5, 5.41) is 12.1. The fraction of sp³-hybridized carbons (Fsp3) is 0.750. The van der Waals surface area contributed by atoms with Crippen molar-refractivity contribution in [3.05, 3.63) is 12.2 Å². The standard InChI is InChI=1S/C8H13Br2O/c1-6(2)4-7(11)8(3,10)5-9/h7H,1,4-5H2,2-3H3. The van der Waals surface area contributed by atoms with Crippen molar-refractivity contribution in [3.63, 3.8) is 0 Å². The van der Waals surface area contributed by atoms with E-state index in [2.05, 4.69) is 38.4 Å². The van der Waals surface area contributed by atoms with Crippen molar-refractivity contribution in [3.8, 4) is 0 Å². The summed E-state index contributed by atoms with van der Waals surface area (Å²) in [5.74, 6) is 0. The zero-order valence-corrected chi connectivity index (χ0v) is 10.0. The summed E-state index contributed by atoms with van der Waals surface area (Å²) in [6.07, 6.45) is -0.0905. The number of hydrogen-bond donors (Lipinski definition) is 0. The number of halogens is 2. The van der Waals surface area contributed by atoms with Crippen LogP contribution in [0.3, 0.4) is 0 Å². The first-order valence-electron chi connectivity index (χ1n) is 3.45. The lowest BCUT2D eigenvalue weighted by Crippen LogP contribution is -2.33. The van der Waals surface area contributed by atoms with Gasteiger partial charge in [-0.3, -0.25) is 0 Å². The molecule has 2 atom stereocenters. The summed E-state index contributed by atoms with van der Waals surface area (Å²) in [4.78, 5) is 0. The van der Waals surface area contributed by atoms with E-state index in [1.54, 1.807) is 0 Å². The molecule has 3 heteroatoms. The van der Waals surface area contributed by atoms with Crippen LogP contribution in [0.4, 0.5) is 0 Å². The van der Waals surface area contributed by atoms with Gasteiger partial charge in [-0.2, -0.15) is 0 Å². The third-order valence-corrected chi connectivity index (χ3v) is 4.17. The van der Waals surface area contributed by atoms with Gasteiger partial charge in [-0.15, -0.1) is 6.58 Å². The normalized spacial score (nSPS) is 19.0. The summed E-state index contributed by atoms with van der Waals surface area (Å²) in [7, 11) is 0. The molecule has 1 nitrogen and oxygen atoms in total. The van der Waals surface area contributed by atoms with Gasteiger partial charge in [-0.1, -0.05) is 37.4 Å². The maximum Gasteiger partial charge on any atom is 0.112 e. The second-order valence-corrected chi connectivity index (χ2v) is 5.43. The van der Waals surface area contributed by atoms with E-state index in [9.17, 15) is 5.11 Å². The summed E-state index contributed by atoms with van der Waals surface area (Å²) in [5.41, 5.74) is 0.941. The Bertz CT molecular complexity index is 143. The van der Waals surface area contributed by atoms with Crippen molar-refractivity contribution in [1.82, 2.24) is 0 Å². The first kappa shape index (κ1) is 11.7. The second kappa shape index (κ2) is 4.63. The Hall–Kier alpha value is 0.660. The van der Waals surface area contributed by atoms with E-state index in [4.69, 9.17) is 0 Å². The van der Waals surface area contributed by atoms with Gasteiger partial charge in [0.15, 0.2) is 0 Å². The molecular formula is C8H13Br2O. The average molecular weight is 285 g/mol. The Morgan fingerprint density at radius 3 is 2.45 bits per heavy atom. The zero-order valence-electron chi connectivity index (χ0n) is 6.86. The van der Waals surface area contributed by atoms with E-state index < -0.39 is 6.10 Å². The first-order chi connectivity index (χ1) is 4.90. The zero-order chi connectivity index (χ0) is 9.07. The fourth-order valence-electron chi connectivity index (χ4n) is 0.615. The summed E-state index contributed by atoms with van der Waals surface area (Å²) < 4.78 is -0.355. The largest absolute Gasteiger partial charge is 0.231 e. The molecule has 2 unspecified atom stereocenters. The molecule has 0 spiro atoms. The molecule has 11 heavy (non-hydrogen) atoms. The molecule has 1 radical (unpaired) electrons. The van der Waals surface area contributed by atoms with Crippen molar-refractivity contribution in [2.45, 2.75) is 30.7 Å². The Kier molecular flexibility index (Phi) is 4.91. The molecule has 0 bridgehead atoms. The highest BCUT2D eigenvalue weighted by atomic mass is 79.9. The minimum atomic E-state index is -0.626. The average Bonchev–Trinajstić information content (AvgIpc) is 1.86. The van der Waals surface area contributed by atoms with Crippen LogP contribution in [0.25, 0.3) is 0 Å². The molecule has 0 N–H and O–H groups in total. The van der Waals surface area contributed by atoms with Crippen LogP contribution in [-0.2, 0) is 5.11 Å². The smallest absolute Gasteiger partial charge is 0.112 e. The minimum Gasteiger partial charge on any atom is -0.231 e. The van der Waals surface area contributed by atoms with E-state index in [0.717, 1.165) is 5.57 Å². The van der Waals surface area contributed by atoms with Crippen LogP contribution in [0, 0.1) is 0 Å². The molecule has 0 aromatic heterocycles. The highest BCUT2D eigenvalue weighted by Crippen LogP contribution is 2.28. The van der Waals surface area contributed by atoms with Gasteiger partial charge in [0.05, 0.1) is 4.32 Å². The van der Waals surface area contributed by atoms with Gasteiger partial charge in [0.25, 0.3) is 0 Å². The van der Waals surface area contributed by atoms with E-state index in [0.29, 0.717) is 11.8 Å². The van der Waals surface area contributed by atoms with Crippen LogP contribution in [-0.4, -0.2) is 15.8 Å². The molecule has 0 aromatic rings. The molecule has 0 heterocycles. The van der Waals surface area contributed by atoms with Crippen LogP contribution >= 0.6 is 31.9 Å². The quantitative estimate of drug-likeness (QED) is 0.558. The Morgan fingerprint density at radius 1 is 1.73 bits per heavy atom. The first-order valence-corrected chi connectivity index (χ1v) is 5.36. The summed E-state index contributed by atoms with van der Waals surface area (Å²) in [6.45, 7) is 7.48. The van der Waals surface area contributed by atoms with E-state index in [-0.39, 0.29) is 4.32 Å². The molecule has 0 aliphatic heterocycles. The van der Waals surface area contributed by atoms with Gasteiger partial charge in [0.1, 0.15) is 6.10 Å². The second-order valence-electron chi connectivity index (χ2n) is 3.06. The number of alkyl halides is 2. The maximum atomic E-state index is 11.5. The third-order valence-electron chi connectivity index (χ3n) is 1.47. The van der Waals surface area contributed by atoms with Crippen molar-refractivity contribution >= 4 is 31.9 Å². The highest BCUT2D eigenvalue weighted by Gasteiger charge is 2.29. The lowest BCUT2D eigenvalue weighted by Gasteiger charge is -2.24. The Morgan fingerprint density at radius 2 is 2.18 bits per heavy atom. The molecule has 0 saturated carbocycles. The van der Waals surface area contributed by atoms with E-state index in [1.165, 1.54) is 0 Å². The summed E-state index contributed by atoms with van der Waals surface area (Å²) >= 11 is 6.66. The van der Waals surface area contributed by atoms with Gasteiger partial charge in [0, 0.05) is 5.33 Å². The predicted molar refractivity (Wildman–Crippen MR) is 55.0 cm³/mol. The van der Waals surface area contributed by atoms with Crippen molar-refractivity contribution in [2.24, 2.45) is 0 Å². The van der Waals surface area contributed by atoms with Crippen LogP contribution < -0.4 is 0 Å². The molecule has 0 amide bonds. The lowest BCUT2D eigenvalue weighted by atomic mass is 10.0. The van der Waals surface area contributed by atoms with E-state index in [1.807, 2.05) is 13.8 Å². The van der Waals surface area contributed by atoms with Gasteiger partial charge >= 0.3 is 0 Å². The predicted octanol–water partition coefficient (Wildman–Crippen LogP) is 3.30. The van der Waals surface area contributed by atoms with Gasteiger partial charge in [-0.25, -0.2) is 5.11 Å². The minimum absolute atomic E-state index is 0.355. The molecule has 65 valence electrons. The van der Waals surface area contributed by atoms with Crippen LogP contribution in [0.15, 0.2) is 12.2 Å². The SMILES string of the molecule is C=C(C)CC([O])C(C)(Br)CBr. The van der Waals surface area contributed by atoms with Gasteiger partial charge < -0.3 is 0 Å². The molecule has 0 rings (SSSR count). The Balaban J connectivity index is 4.01. The third kappa shape index (κ3) is 4.28. The van der Waals surface area contributed by atoms with Crippen molar-refractivity contribution in [2.75, 3.05) is 5.33 Å². The molecular weight excluding hydrogens is 272 g/mol. The Labute approximate surface area is 85.1 Å². The van der Waals surface area contributed by atoms with Gasteiger partial charge in [0.2, 0.25) is 0 Å². The highest BCUT2D eigenvalue weighted by molar-refractivity contribution is 9.12. The molecule has 0 fully saturated rings. The van der Waals surface area contributed by atoms with E-state index >= 15 is 0 Å². The molecule has 0 aromatic carbocycles. The van der Waals surface area contributed by atoms with Gasteiger partial charge in [-0.05, 0) is 20.3 Å². The lowest BCUT2D eigenvalue weighted by molar-refractivity contribution is 0.0678. The number of hydrogen-bond acceptors (Lipinski definition) is 0. The maximum absolute atomic E-state index is 11.5. The molecule has 0 aliphatic rings. The molecule has 0 aliphatic carbocycles.